The second-order valence-corrected chi connectivity index (χ2v) is 4.42. The Labute approximate surface area is 118 Å². The van der Waals surface area contributed by atoms with E-state index < -0.39 is 17.8 Å². The zero-order valence-electron chi connectivity index (χ0n) is 10.7. The lowest BCUT2D eigenvalue weighted by atomic mass is 10.1. The van der Waals surface area contributed by atoms with Crippen LogP contribution in [0.3, 0.4) is 0 Å². The highest BCUT2D eigenvalue weighted by molar-refractivity contribution is 6.37. The van der Waals surface area contributed by atoms with E-state index >= 15 is 0 Å². The second kappa shape index (κ2) is 4.82. The van der Waals surface area contributed by atoms with E-state index in [-0.39, 0.29) is 35.6 Å². The van der Waals surface area contributed by atoms with Gasteiger partial charge in [-0.1, -0.05) is 17.2 Å². The number of imide groups is 1. The smallest absolute Gasteiger partial charge is 0.323 e. The van der Waals surface area contributed by atoms with Crippen molar-refractivity contribution in [3.05, 3.63) is 35.4 Å². The van der Waals surface area contributed by atoms with E-state index in [4.69, 9.17) is 4.84 Å². The minimum Gasteiger partial charge on any atom is -0.323 e. The standard InChI is InChI=1S/C13H9N3O5/c17-10-6-5-9(14-15-10)13(20)21-16-11(18)7-3-1-2-4-8(7)12(16)19/h1-4H,5-6H2,(H,15,17). The van der Waals surface area contributed by atoms with Crippen LogP contribution < -0.4 is 5.43 Å². The zero-order chi connectivity index (χ0) is 15.0. The minimum atomic E-state index is -0.940. The van der Waals surface area contributed by atoms with E-state index in [2.05, 4.69) is 10.5 Å². The third-order valence-corrected chi connectivity index (χ3v) is 3.07. The number of fused-ring (bicyclic) bond motifs is 1. The lowest BCUT2D eigenvalue weighted by molar-refractivity contribution is -0.159. The molecule has 3 rings (SSSR count). The van der Waals surface area contributed by atoms with Gasteiger partial charge in [0.05, 0.1) is 11.1 Å². The molecule has 1 aromatic rings. The monoisotopic (exact) mass is 287 g/mol. The normalized spacial score (nSPS) is 17.2. The van der Waals surface area contributed by atoms with Gasteiger partial charge in [0, 0.05) is 12.8 Å². The van der Waals surface area contributed by atoms with Crippen molar-refractivity contribution in [1.29, 1.82) is 0 Å². The van der Waals surface area contributed by atoms with Gasteiger partial charge in [0.1, 0.15) is 5.71 Å². The molecule has 0 fully saturated rings. The van der Waals surface area contributed by atoms with Gasteiger partial charge >= 0.3 is 5.97 Å². The van der Waals surface area contributed by atoms with E-state index in [0.717, 1.165) is 0 Å². The van der Waals surface area contributed by atoms with E-state index in [9.17, 15) is 19.2 Å². The molecular weight excluding hydrogens is 278 g/mol. The van der Waals surface area contributed by atoms with Gasteiger partial charge in [0.25, 0.3) is 11.8 Å². The average Bonchev–Trinajstić information content (AvgIpc) is 2.73. The lowest BCUT2D eigenvalue weighted by Gasteiger charge is -2.15. The molecule has 8 nitrogen and oxygen atoms in total. The summed E-state index contributed by atoms with van der Waals surface area (Å²) in [6.45, 7) is 0. The van der Waals surface area contributed by atoms with E-state index in [1.54, 1.807) is 12.1 Å². The number of hydrogen-bond donors (Lipinski definition) is 1. The zero-order valence-corrected chi connectivity index (χ0v) is 10.7. The fraction of sp³-hybridized carbons (Fsp3) is 0.154. The van der Waals surface area contributed by atoms with Crippen molar-refractivity contribution in [2.45, 2.75) is 12.8 Å². The summed E-state index contributed by atoms with van der Waals surface area (Å²) >= 11 is 0. The molecule has 21 heavy (non-hydrogen) atoms. The molecule has 0 atom stereocenters. The van der Waals surface area contributed by atoms with Crippen molar-refractivity contribution >= 4 is 29.4 Å². The van der Waals surface area contributed by atoms with Crippen molar-refractivity contribution in [2.75, 3.05) is 0 Å². The molecule has 0 aromatic heterocycles. The fourth-order valence-electron chi connectivity index (χ4n) is 2.01. The molecular formula is C13H9N3O5. The predicted molar refractivity (Wildman–Crippen MR) is 67.8 cm³/mol. The number of amides is 3. The number of carbonyl (C=O) groups is 4. The summed E-state index contributed by atoms with van der Waals surface area (Å²) < 4.78 is 0. The number of rotatable bonds is 2. The second-order valence-electron chi connectivity index (χ2n) is 4.42. The summed E-state index contributed by atoms with van der Waals surface area (Å²) in [6.07, 6.45) is 0.184. The molecule has 106 valence electrons. The van der Waals surface area contributed by atoms with Crippen molar-refractivity contribution in [3.63, 3.8) is 0 Å². The number of benzene rings is 1. The Morgan fingerprint density at radius 3 is 2.24 bits per heavy atom. The first-order valence-electron chi connectivity index (χ1n) is 6.13. The summed E-state index contributed by atoms with van der Waals surface area (Å²) in [5, 5.41) is 3.95. The van der Waals surface area contributed by atoms with Crippen LogP contribution in [0.4, 0.5) is 0 Å². The minimum absolute atomic E-state index is 0.0499. The van der Waals surface area contributed by atoms with Crippen LogP contribution in [-0.2, 0) is 14.4 Å². The first-order chi connectivity index (χ1) is 10.1. The Morgan fingerprint density at radius 1 is 1.10 bits per heavy atom. The topological polar surface area (TPSA) is 105 Å². The van der Waals surface area contributed by atoms with Gasteiger partial charge in [-0.05, 0) is 12.1 Å². The average molecular weight is 287 g/mol. The summed E-state index contributed by atoms with van der Waals surface area (Å²) in [5.41, 5.74) is 2.44. The Morgan fingerprint density at radius 2 is 1.71 bits per heavy atom. The molecule has 2 aliphatic rings. The summed E-state index contributed by atoms with van der Waals surface area (Å²) in [4.78, 5) is 51.6. The molecule has 2 heterocycles. The number of hydroxylamine groups is 2. The van der Waals surface area contributed by atoms with Gasteiger partial charge in [-0.25, -0.2) is 10.2 Å². The van der Waals surface area contributed by atoms with Crippen molar-refractivity contribution in [2.24, 2.45) is 5.10 Å². The van der Waals surface area contributed by atoms with Crippen LogP contribution in [0.1, 0.15) is 33.6 Å². The van der Waals surface area contributed by atoms with Gasteiger partial charge in [0.15, 0.2) is 0 Å². The number of nitrogens with zero attached hydrogens (tertiary/aromatic N) is 2. The molecule has 0 unspecified atom stereocenters. The highest BCUT2D eigenvalue weighted by atomic mass is 16.7. The van der Waals surface area contributed by atoms with Crippen LogP contribution in [0.15, 0.2) is 29.4 Å². The SMILES string of the molecule is O=C1CCC(C(=O)ON2C(=O)c3ccccc3C2=O)=NN1. The number of hydrogen-bond acceptors (Lipinski definition) is 6. The molecule has 0 saturated carbocycles. The highest BCUT2D eigenvalue weighted by Crippen LogP contribution is 2.22. The first kappa shape index (κ1) is 13.0. The van der Waals surface area contributed by atoms with Gasteiger partial charge < -0.3 is 4.84 Å². The Bertz CT molecular complexity index is 675. The Balaban J connectivity index is 1.78. The van der Waals surface area contributed by atoms with Gasteiger partial charge in [0.2, 0.25) is 5.91 Å². The Hall–Kier alpha value is -3.03. The summed E-state index contributed by atoms with van der Waals surface area (Å²) in [5.74, 6) is -2.66. The van der Waals surface area contributed by atoms with Crippen LogP contribution in [-0.4, -0.2) is 34.5 Å². The molecule has 2 aliphatic heterocycles. The van der Waals surface area contributed by atoms with Crippen LogP contribution in [0.25, 0.3) is 0 Å². The number of nitrogens with one attached hydrogen (secondary N) is 1. The summed E-state index contributed by atoms with van der Waals surface area (Å²) in [7, 11) is 0. The van der Waals surface area contributed by atoms with Gasteiger partial charge in [-0.3, -0.25) is 14.4 Å². The first-order valence-corrected chi connectivity index (χ1v) is 6.13. The molecule has 3 amide bonds. The molecule has 1 aromatic carbocycles. The van der Waals surface area contributed by atoms with E-state index in [0.29, 0.717) is 5.06 Å². The number of carbonyl (C=O) groups excluding carboxylic acids is 4. The van der Waals surface area contributed by atoms with Crippen molar-refractivity contribution in [3.8, 4) is 0 Å². The van der Waals surface area contributed by atoms with E-state index in [1.165, 1.54) is 12.1 Å². The quantitative estimate of drug-likeness (QED) is 0.771. The fourth-order valence-corrected chi connectivity index (χ4v) is 2.01. The van der Waals surface area contributed by atoms with Crippen molar-refractivity contribution in [1.82, 2.24) is 10.5 Å². The highest BCUT2D eigenvalue weighted by Gasteiger charge is 2.39. The molecule has 8 heteroatoms. The van der Waals surface area contributed by atoms with Crippen LogP contribution in [0, 0.1) is 0 Å². The molecule has 0 spiro atoms. The lowest BCUT2D eigenvalue weighted by Crippen LogP contribution is -2.37. The maximum absolute atomic E-state index is 12.0. The maximum atomic E-state index is 12.0. The maximum Gasteiger partial charge on any atom is 0.379 e. The summed E-state index contributed by atoms with van der Waals surface area (Å²) in [6, 6.07) is 6.16. The largest absolute Gasteiger partial charge is 0.379 e. The molecule has 1 N–H and O–H groups in total. The van der Waals surface area contributed by atoms with Crippen LogP contribution >= 0.6 is 0 Å². The third-order valence-electron chi connectivity index (χ3n) is 3.07. The third kappa shape index (κ3) is 2.16. The van der Waals surface area contributed by atoms with E-state index in [1.807, 2.05) is 0 Å². The van der Waals surface area contributed by atoms with Crippen molar-refractivity contribution < 1.29 is 24.0 Å². The van der Waals surface area contributed by atoms with Crippen LogP contribution in [0.2, 0.25) is 0 Å². The molecule has 0 aliphatic carbocycles. The van der Waals surface area contributed by atoms with Gasteiger partial charge in [-0.2, -0.15) is 5.10 Å². The number of hydrazone groups is 1. The van der Waals surface area contributed by atoms with Crippen LogP contribution in [0.5, 0.6) is 0 Å². The molecule has 0 saturated heterocycles. The molecule has 0 radical (unpaired) electrons. The molecule has 0 bridgehead atoms. The predicted octanol–water partition coefficient (Wildman–Crippen LogP) is 0.00680. The van der Waals surface area contributed by atoms with Gasteiger partial charge in [-0.15, -0.1) is 0 Å². The Kier molecular flexibility index (Phi) is 2.98.